The van der Waals surface area contributed by atoms with Crippen molar-refractivity contribution in [3.05, 3.63) is 83.9 Å². The highest BCUT2D eigenvalue weighted by Crippen LogP contribution is 2.15. The average molecular weight is 381 g/mol. The van der Waals surface area contributed by atoms with Gasteiger partial charge in [0, 0.05) is 24.0 Å². The molecule has 0 aliphatic carbocycles. The van der Waals surface area contributed by atoms with E-state index < -0.39 is 23.7 Å². The second-order valence-electron chi connectivity index (χ2n) is 6.26. The lowest BCUT2D eigenvalue weighted by Crippen LogP contribution is -2.38. The van der Waals surface area contributed by atoms with Crippen molar-refractivity contribution < 1.29 is 18.7 Å². The quantitative estimate of drug-likeness (QED) is 0.639. The maximum atomic E-state index is 14.4. The van der Waals surface area contributed by atoms with E-state index in [1.54, 1.807) is 18.5 Å². The van der Waals surface area contributed by atoms with E-state index in [2.05, 4.69) is 10.4 Å². The zero-order chi connectivity index (χ0) is 19.9. The minimum Gasteiger partial charge on any atom is -0.469 e. The topological polar surface area (TPSA) is 73.2 Å². The zero-order valence-corrected chi connectivity index (χ0v) is 15.3. The molecule has 0 radical (unpaired) electrons. The molecule has 7 heteroatoms. The highest BCUT2D eigenvalue weighted by molar-refractivity contribution is 5.94. The zero-order valence-electron chi connectivity index (χ0n) is 15.3. The number of amides is 1. The molecular formula is C21H20FN3O3. The molecule has 6 nitrogen and oxygen atoms in total. The summed E-state index contributed by atoms with van der Waals surface area (Å²) in [6.07, 6.45) is 3.63. The van der Waals surface area contributed by atoms with E-state index in [1.807, 2.05) is 30.3 Å². The molecule has 2 aromatic carbocycles. The summed E-state index contributed by atoms with van der Waals surface area (Å²) < 4.78 is 20.5. The van der Waals surface area contributed by atoms with Crippen molar-refractivity contribution in [2.75, 3.05) is 7.11 Å². The molecule has 0 bridgehead atoms. The molecule has 28 heavy (non-hydrogen) atoms. The van der Waals surface area contributed by atoms with Crippen LogP contribution < -0.4 is 5.32 Å². The summed E-state index contributed by atoms with van der Waals surface area (Å²) in [7, 11) is 1.30. The fourth-order valence-electron chi connectivity index (χ4n) is 2.87. The van der Waals surface area contributed by atoms with Crippen molar-refractivity contribution in [3.8, 4) is 5.69 Å². The summed E-state index contributed by atoms with van der Waals surface area (Å²) in [5, 5.41) is 6.78. The van der Waals surface area contributed by atoms with Gasteiger partial charge in [-0.3, -0.25) is 9.59 Å². The number of halogens is 1. The van der Waals surface area contributed by atoms with Gasteiger partial charge in [0.25, 0.3) is 5.91 Å². The van der Waals surface area contributed by atoms with Gasteiger partial charge in [0.1, 0.15) is 11.5 Å². The van der Waals surface area contributed by atoms with E-state index >= 15 is 0 Å². The van der Waals surface area contributed by atoms with Gasteiger partial charge in [0.2, 0.25) is 0 Å². The van der Waals surface area contributed by atoms with Gasteiger partial charge in [0.05, 0.1) is 13.5 Å². The average Bonchev–Trinajstić information content (AvgIpc) is 3.23. The van der Waals surface area contributed by atoms with Gasteiger partial charge in [-0.05, 0) is 36.2 Å². The number of rotatable bonds is 7. The van der Waals surface area contributed by atoms with Crippen LogP contribution in [0.5, 0.6) is 0 Å². The first-order valence-corrected chi connectivity index (χ1v) is 8.78. The molecule has 3 aromatic rings. The maximum absolute atomic E-state index is 14.4. The Bertz CT molecular complexity index is 943. The predicted molar refractivity (Wildman–Crippen MR) is 102 cm³/mol. The molecule has 0 saturated carbocycles. The van der Waals surface area contributed by atoms with Crippen LogP contribution in [-0.4, -0.2) is 34.8 Å². The summed E-state index contributed by atoms with van der Waals surface area (Å²) in [4.78, 5) is 24.3. The van der Waals surface area contributed by atoms with Gasteiger partial charge in [-0.1, -0.05) is 30.3 Å². The van der Waals surface area contributed by atoms with Crippen molar-refractivity contribution in [2.24, 2.45) is 0 Å². The molecule has 3 rings (SSSR count). The number of benzene rings is 2. The fraction of sp³-hybridized carbons (Fsp3) is 0.190. The van der Waals surface area contributed by atoms with Crippen LogP contribution in [0.25, 0.3) is 5.69 Å². The highest BCUT2D eigenvalue weighted by atomic mass is 19.1. The molecule has 144 valence electrons. The minimum atomic E-state index is -0.566. The molecular weight excluding hydrogens is 361 g/mol. The number of carbonyl (C=O) groups is 2. The Kier molecular flexibility index (Phi) is 6.16. The van der Waals surface area contributed by atoms with E-state index in [-0.39, 0.29) is 17.7 Å². The second-order valence-corrected chi connectivity index (χ2v) is 6.26. The van der Waals surface area contributed by atoms with Crippen LogP contribution in [0.1, 0.15) is 22.3 Å². The van der Waals surface area contributed by atoms with Crippen molar-refractivity contribution in [1.29, 1.82) is 0 Å². The molecule has 0 aliphatic heterocycles. The number of esters is 1. The molecule has 0 saturated heterocycles. The third-order valence-corrected chi connectivity index (χ3v) is 4.26. The Hall–Kier alpha value is -3.48. The Morgan fingerprint density at radius 3 is 2.61 bits per heavy atom. The number of nitrogens with zero attached hydrogens (tertiary/aromatic N) is 2. The predicted octanol–water partition coefficient (Wildman–Crippen LogP) is 2.92. The molecule has 0 spiro atoms. The van der Waals surface area contributed by atoms with E-state index in [9.17, 15) is 14.0 Å². The van der Waals surface area contributed by atoms with Crippen LogP contribution >= 0.6 is 0 Å². The van der Waals surface area contributed by atoms with Crippen molar-refractivity contribution in [3.63, 3.8) is 0 Å². The van der Waals surface area contributed by atoms with E-state index in [0.29, 0.717) is 6.42 Å². The van der Waals surface area contributed by atoms with Crippen LogP contribution in [0, 0.1) is 5.82 Å². The van der Waals surface area contributed by atoms with Crippen LogP contribution in [-0.2, 0) is 16.0 Å². The van der Waals surface area contributed by atoms with Gasteiger partial charge >= 0.3 is 5.97 Å². The third-order valence-electron chi connectivity index (χ3n) is 4.26. The Morgan fingerprint density at radius 2 is 1.96 bits per heavy atom. The largest absolute Gasteiger partial charge is 0.469 e. The lowest BCUT2D eigenvalue weighted by Gasteiger charge is -2.18. The summed E-state index contributed by atoms with van der Waals surface area (Å²) in [5.41, 5.74) is 1.38. The molecule has 1 unspecified atom stereocenters. The Balaban J connectivity index is 1.75. The number of nitrogens with one attached hydrogen (secondary N) is 1. The molecule has 0 aliphatic rings. The highest BCUT2D eigenvalue weighted by Gasteiger charge is 2.19. The van der Waals surface area contributed by atoms with Gasteiger partial charge in [-0.25, -0.2) is 9.07 Å². The number of hydrogen-bond acceptors (Lipinski definition) is 4. The van der Waals surface area contributed by atoms with Crippen LogP contribution in [0.4, 0.5) is 4.39 Å². The van der Waals surface area contributed by atoms with Crippen LogP contribution in [0.3, 0.4) is 0 Å². The normalized spacial score (nSPS) is 11.6. The van der Waals surface area contributed by atoms with Crippen molar-refractivity contribution >= 4 is 11.9 Å². The van der Waals surface area contributed by atoms with Crippen molar-refractivity contribution in [1.82, 2.24) is 15.1 Å². The third kappa shape index (κ3) is 4.82. The Labute approximate surface area is 161 Å². The lowest BCUT2D eigenvalue weighted by atomic mass is 10.0. The lowest BCUT2D eigenvalue weighted by molar-refractivity contribution is -0.141. The van der Waals surface area contributed by atoms with E-state index in [4.69, 9.17) is 4.74 Å². The number of hydrogen-bond donors (Lipinski definition) is 1. The first-order valence-electron chi connectivity index (χ1n) is 8.78. The summed E-state index contributed by atoms with van der Waals surface area (Å²) in [6.45, 7) is 0. The Morgan fingerprint density at radius 1 is 1.18 bits per heavy atom. The standard InChI is InChI=1S/C21H20FN3O3/c1-28-20(26)14-17(12-15-6-3-2-4-7-15)24-21(27)16-8-9-19(18(22)13-16)25-11-5-10-23-25/h2-11,13,17H,12,14H2,1H3,(H,24,27). The molecule has 1 aromatic heterocycles. The first kappa shape index (κ1) is 19.3. The molecule has 0 fully saturated rings. The first-order chi connectivity index (χ1) is 13.6. The summed E-state index contributed by atoms with van der Waals surface area (Å²) >= 11 is 0. The van der Waals surface area contributed by atoms with Gasteiger partial charge in [-0.15, -0.1) is 0 Å². The molecule has 1 amide bonds. The monoisotopic (exact) mass is 381 g/mol. The van der Waals surface area contributed by atoms with Crippen LogP contribution in [0.15, 0.2) is 67.0 Å². The number of carbonyl (C=O) groups excluding carboxylic acids is 2. The smallest absolute Gasteiger partial charge is 0.307 e. The van der Waals surface area contributed by atoms with Crippen LogP contribution in [0.2, 0.25) is 0 Å². The van der Waals surface area contributed by atoms with Gasteiger partial charge < -0.3 is 10.1 Å². The SMILES string of the molecule is COC(=O)CC(Cc1ccccc1)NC(=O)c1ccc(-n2cccn2)c(F)c1. The second kappa shape index (κ2) is 8.94. The molecule has 1 N–H and O–H groups in total. The maximum Gasteiger partial charge on any atom is 0.307 e. The van der Waals surface area contributed by atoms with E-state index in [0.717, 1.165) is 11.6 Å². The van der Waals surface area contributed by atoms with Crippen molar-refractivity contribution in [2.45, 2.75) is 18.9 Å². The fourth-order valence-corrected chi connectivity index (χ4v) is 2.87. The molecule has 1 atom stereocenters. The minimum absolute atomic E-state index is 0.0188. The number of methoxy groups -OCH3 is 1. The van der Waals surface area contributed by atoms with Gasteiger partial charge in [0.15, 0.2) is 0 Å². The molecule has 1 heterocycles. The number of aromatic nitrogens is 2. The summed E-state index contributed by atoms with van der Waals surface area (Å²) in [5.74, 6) is -1.46. The van der Waals surface area contributed by atoms with Gasteiger partial charge in [-0.2, -0.15) is 5.10 Å². The number of ether oxygens (including phenoxy) is 1. The summed E-state index contributed by atoms with van der Waals surface area (Å²) in [6, 6.07) is 14.9. The van der Waals surface area contributed by atoms with E-state index in [1.165, 1.54) is 23.9 Å².